The molecule has 1 N–H and O–H groups in total. The number of amides is 2. The zero-order valence-corrected chi connectivity index (χ0v) is 25.2. The summed E-state index contributed by atoms with van der Waals surface area (Å²) in [5, 5.41) is 2.76. The van der Waals surface area contributed by atoms with E-state index in [9.17, 15) is 18.0 Å². The third-order valence-electron chi connectivity index (χ3n) is 6.30. The molecule has 3 aromatic rings. The maximum atomic E-state index is 13.9. The summed E-state index contributed by atoms with van der Waals surface area (Å²) in [5.74, 6) is -0.347. The first-order valence-electron chi connectivity index (χ1n) is 12.5. The average molecular weight is 617 g/mol. The van der Waals surface area contributed by atoms with Crippen molar-refractivity contribution in [1.29, 1.82) is 0 Å². The zero-order chi connectivity index (χ0) is 28.7. The topological polar surface area (TPSA) is 96.0 Å². The number of sulfonamides is 1. The molecule has 10 heteroatoms. The first-order valence-corrected chi connectivity index (χ1v) is 14.8. The molecule has 3 aromatic carbocycles. The molecule has 0 aliphatic rings. The number of hydrogen-bond acceptors (Lipinski definition) is 5. The average Bonchev–Trinajstić information content (AvgIpc) is 2.91. The fourth-order valence-electron chi connectivity index (χ4n) is 3.97. The van der Waals surface area contributed by atoms with E-state index in [1.807, 2.05) is 38.1 Å². The molecule has 0 heterocycles. The Hall–Kier alpha value is -3.37. The Kier molecular flexibility index (Phi) is 10.2. The summed E-state index contributed by atoms with van der Waals surface area (Å²) in [5.41, 5.74) is 3.17. The molecule has 0 spiro atoms. The number of aryl methyl sites for hydroxylation is 2. The Bertz CT molecular complexity index is 1410. The van der Waals surface area contributed by atoms with Gasteiger partial charge >= 0.3 is 0 Å². The molecule has 1 atom stereocenters. The van der Waals surface area contributed by atoms with Gasteiger partial charge in [-0.05, 0) is 79.5 Å². The molecule has 0 fully saturated rings. The SMILES string of the molecule is CCNC(=O)[C@H](C)N(Cc1ccc(C)cc1)C(=O)CN(c1ccc(C)cc1)S(=O)(=O)c1ccc(OC)c(Br)c1. The van der Waals surface area contributed by atoms with E-state index in [0.29, 0.717) is 22.5 Å². The zero-order valence-electron chi connectivity index (χ0n) is 22.8. The number of carbonyl (C=O) groups excluding carboxylic acids is 2. The fourth-order valence-corrected chi connectivity index (χ4v) is 6.10. The number of nitrogens with zero attached hydrogens (tertiary/aromatic N) is 2. The van der Waals surface area contributed by atoms with Crippen LogP contribution in [0.2, 0.25) is 0 Å². The monoisotopic (exact) mass is 615 g/mol. The van der Waals surface area contributed by atoms with Crippen LogP contribution in [-0.2, 0) is 26.2 Å². The Labute approximate surface area is 239 Å². The number of likely N-dealkylation sites (N-methyl/N-ethyl adjacent to an activating group) is 1. The molecule has 0 aromatic heterocycles. The van der Waals surface area contributed by atoms with Gasteiger partial charge in [0.2, 0.25) is 11.8 Å². The molecule has 3 rings (SSSR count). The van der Waals surface area contributed by atoms with Gasteiger partial charge in [0.15, 0.2) is 0 Å². The highest BCUT2D eigenvalue weighted by Gasteiger charge is 2.32. The number of hydrogen-bond donors (Lipinski definition) is 1. The maximum Gasteiger partial charge on any atom is 0.264 e. The lowest BCUT2D eigenvalue weighted by molar-refractivity contribution is -0.139. The van der Waals surface area contributed by atoms with Gasteiger partial charge in [0, 0.05) is 13.1 Å². The number of carbonyl (C=O) groups is 2. The van der Waals surface area contributed by atoms with E-state index in [-0.39, 0.29) is 17.3 Å². The van der Waals surface area contributed by atoms with Crippen molar-refractivity contribution in [2.24, 2.45) is 0 Å². The Morgan fingerprint density at radius 3 is 2.10 bits per heavy atom. The second-order valence-electron chi connectivity index (χ2n) is 9.22. The fraction of sp³-hybridized carbons (Fsp3) is 0.310. The lowest BCUT2D eigenvalue weighted by atomic mass is 10.1. The Morgan fingerprint density at radius 1 is 0.974 bits per heavy atom. The number of methoxy groups -OCH3 is 1. The van der Waals surface area contributed by atoms with Crippen LogP contribution >= 0.6 is 15.9 Å². The lowest BCUT2D eigenvalue weighted by Crippen LogP contribution is -2.51. The number of nitrogens with one attached hydrogen (secondary N) is 1. The van der Waals surface area contributed by atoms with E-state index in [1.165, 1.54) is 24.1 Å². The van der Waals surface area contributed by atoms with Gasteiger partial charge in [0.25, 0.3) is 10.0 Å². The summed E-state index contributed by atoms with van der Waals surface area (Å²) >= 11 is 3.35. The van der Waals surface area contributed by atoms with Crippen LogP contribution in [0.1, 0.15) is 30.5 Å². The minimum atomic E-state index is -4.18. The summed E-state index contributed by atoms with van der Waals surface area (Å²) in [6.07, 6.45) is 0. The van der Waals surface area contributed by atoms with Crippen LogP contribution in [0.15, 0.2) is 76.1 Å². The minimum absolute atomic E-state index is 0.00888. The smallest absolute Gasteiger partial charge is 0.264 e. The number of anilines is 1. The van der Waals surface area contributed by atoms with Crippen molar-refractivity contribution in [3.05, 3.63) is 87.9 Å². The minimum Gasteiger partial charge on any atom is -0.496 e. The second kappa shape index (κ2) is 13.1. The van der Waals surface area contributed by atoms with Gasteiger partial charge in [-0.25, -0.2) is 8.42 Å². The van der Waals surface area contributed by atoms with Crippen LogP contribution < -0.4 is 14.4 Å². The Balaban J connectivity index is 2.04. The first-order chi connectivity index (χ1) is 18.5. The van der Waals surface area contributed by atoms with Crippen molar-refractivity contribution in [3.63, 3.8) is 0 Å². The highest BCUT2D eigenvalue weighted by Crippen LogP contribution is 2.31. The molecule has 2 amide bonds. The maximum absolute atomic E-state index is 13.9. The van der Waals surface area contributed by atoms with E-state index in [4.69, 9.17) is 4.74 Å². The van der Waals surface area contributed by atoms with Crippen LogP contribution in [0.25, 0.3) is 0 Å². The largest absolute Gasteiger partial charge is 0.496 e. The van der Waals surface area contributed by atoms with Crippen LogP contribution in [0, 0.1) is 13.8 Å². The van der Waals surface area contributed by atoms with Gasteiger partial charge in [0.05, 0.1) is 22.2 Å². The molecule has 0 aliphatic heterocycles. The number of rotatable bonds is 11. The molecule has 0 saturated heterocycles. The van der Waals surface area contributed by atoms with Gasteiger partial charge in [-0.15, -0.1) is 0 Å². The van der Waals surface area contributed by atoms with Crippen molar-refractivity contribution in [3.8, 4) is 5.75 Å². The lowest BCUT2D eigenvalue weighted by Gasteiger charge is -2.32. The molecule has 39 heavy (non-hydrogen) atoms. The van der Waals surface area contributed by atoms with Crippen LogP contribution in [0.4, 0.5) is 5.69 Å². The number of ether oxygens (including phenoxy) is 1. The van der Waals surface area contributed by atoms with Crippen LogP contribution in [0.5, 0.6) is 5.75 Å². The van der Waals surface area contributed by atoms with E-state index >= 15 is 0 Å². The van der Waals surface area contributed by atoms with E-state index in [2.05, 4.69) is 21.2 Å². The predicted octanol–water partition coefficient (Wildman–Crippen LogP) is 4.82. The van der Waals surface area contributed by atoms with Gasteiger partial charge in [-0.1, -0.05) is 47.5 Å². The molecule has 208 valence electrons. The van der Waals surface area contributed by atoms with Crippen molar-refractivity contribution >= 4 is 43.5 Å². The molecule has 8 nitrogen and oxygen atoms in total. The highest BCUT2D eigenvalue weighted by atomic mass is 79.9. The van der Waals surface area contributed by atoms with Crippen LogP contribution in [-0.4, -0.2) is 51.4 Å². The summed E-state index contributed by atoms with van der Waals surface area (Å²) in [6.45, 7) is 7.36. The number of halogens is 1. The summed E-state index contributed by atoms with van der Waals surface area (Å²) in [6, 6.07) is 18.1. The van der Waals surface area contributed by atoms with Crippen molar-refractivity contribution in [2.45, 2.75) is 45.2 Å². The molecule has 0 saturated carbocycles. The summed E-state index contributed by atoms with van der Waals surface area (Å²) in [7, 11) is -2.69. The quantitative estimate of drug-likeness (QED) is 0.333. The summed E-state index contributed by atoms with van der Waals surface area (Å²) < 4.78 is 34.7. The van der Waals surface area contributed by atoms with E-state index < -0.39 is 28.5 Å². The van der Waals surface area contributed by atoms with E-state index in [0.717, 1.165) is 21.0 Å². The predicted molar refractivity (Wildman–Crippen MR) is 156 cm³/mol. The standard InChI is InChI=1S/C29H34BrN3O5S/c1-6-31-29(35)22(4)32(18-23-11-7-20(2)8-12-23)28(34)19-33(24-13-9-21(3)10-14-24)39(36,37)25-15-16-27(38-5)26(30)17-25/h7-17,22H,6,18-19H2,1-5H3,(H,31,35)/t22-/m0/s1. The molecule has 0 aliphatic carbocycles. The normalized spacial score (nSPS) is 11.9. The van der Waals surface area contributed by atoms with Crippen molar-refractivity contribution in [1.82, 2.24) is 10.2 Å². The molecular formula is C29H34BrN3O5S. The van der Waals surface area contributed by atoms with Gasteiger partial charge < -0.3 is 15.0 Å². The molecule has 0 bridgehead atoms. The Morgan fingerprint density at radius 2 is 1.56 bits per heavy atom. The summed E-state index contributed by atoms with van der Waals surface area (Å²) in [4.78, 5) is 28.1. The second-order valence-corrected chi connectivity index (χ2v) is 11.9. The number of benzene rings is 3. The highest BCUT2D eigenvalue weighted by molar-refractivity contribution is 9.10. The van der Waals surface area contributed by atoms with Crippen LogP contribution in [0.3, 0.4) is 0 Å². The van der Waals surface area contributed by atoms with Gasteiger partial charge in [0.1, 0.15) is 18.3 Å². The first kappa shape index (κ1) is 30.2. The third-order valence-corrected chi connectivity index (χ3v) is 8.69. The van der Waals surface area contributed by atoms with Gasteiger partial charge in [-0.2, -0.15) is 0 Å². The third kappa shape index (κ3) is 7.39. The molecule has 0 unspecified atom stereocenters. The van der Waals surface area contributed by atoms with Crippen molar-refractivity contribution in [2.75, 3.05) is 24.5 Å². The van der Waals surface area contributed by atoms with E-state index in [1.54, 1.807) is 44.2 Å². The molecule has 0 radical (unpaired) electrons. The van der Waals surface area contributed by atoms with Gasteiger partial charge in [-0.3, -0.25) is 13.9 Å². The van der Waals surface area contributed by atoms with Crippen molar-refractivity contribution < 1.29 is 22.7 Å². The molecular weight excluding hydrogens is 582 g/mol.